The normalized spacial score (nSPS) is 13.7. The van der Waals surface area contributed by atoms with E-state index >= 15 is 0 Å². The summed E-state index contributed by atoms with van der Waals surface area (Å²) in [6, 6.07) is 6.96. The smallest absolute Gasteiger partial charge is 0.338 e. The largest absolute Gasteiger partial charge is 0.469 e. The molecule has 2 aromatic heterocycles. The van der Waals surface area contributed by atoms with Gasteiger partial charge in [-0.15, -0.1) is 0 Å². The molecule has 0 aromatic carbocycles. The van der Waals surface area contributed by atoms with E-state index in [9.17, 15) is 18.7 Å². The molecule has 0 aliphatic carbocycles. The minimum atomic E-state index is -4.40. The highest BCUT2D eigenvalue weighted by Gasteiger charge is 2.43. The molecule has 1 atom stereocenters. The van der Waals surface area contributed by atoms with Gasteiger partial charge in [0.1, 0.15) is 23.3 Å². The van der Waals surface area contributed by atoms with E-state index in [1.807, 2.05) is 0 Å². The summed E-state index contributed by atoms with van der Waals surface area (Å²) in [5.41, 5.74) is 0. The number of carbonyl (C=O) groups is 2. The van der Waals surface area contributed by atoms with Crippen molar-refractivity contribution in [3.05, 3.63) is 48.3 Å². The number of rotatable bonds is 12. The first-order chi connectivity index (χ1) is 14.8. The fourth-order valence-corrected chi connectivity index (χ4v) is 3.17. The lowest BCUT2D eigenvalue weighted by atomic mass is 10.0. The van der Waals surface area contributed by atoms with Gasteiger partial charge in [0.2, 0.25) is 0 Å². The van der Waals surface area contributed by atoms with Crippen molar-refractivity contribution >= 4 is 26.8 Å². The van der Waals surface area contributed by atoms with E-state index in [0.717, 1.165) is 5.76 Å². The second kappa shape index (κ2) is 12.4. The zero-order chi connectivity index (χ0) is 24.4. The van der Waals surface area contributed by atoms with Gasteiger partial charge in [0.15, 0.2) is 11.6 Å². The summed E-state index contributed by atoms with van der Waals surface area (Å²) in [6.45, 7) is 3.64. The summed E-state index contributed by atoms with van der Waals surface area (Å²) in [7, 11) is -6.19. The van der Waals surface area contributed by atoms with Gasteiger partial charge in [0.05, 0.1) is 18.9 Å². The molecule has 0 saturated heterocycles. The number of furan rings is 2. The summed E-state index contributed by atoms with van der Waals surface area (Å²) >= 11 is 0. The van der Waals surface area contributed by atoms with Crippen LogP contribution >= 0.6 is 15.2 Å². The van der Waals surface area contributed by atoms with Crippen LogP contribution < -0.4 is 0 Å². The second-order valence-corrected chi connectivity index (χ2v) is 11.9. The van der Waals surface area contributed by atoms with Crippen LogP contribution in [0.4, 0.5) is 0 Å². The van der Waals surface area contributed by atoms with E-state index in [4.69, 9.17) is 23.1 Å². The van der Waals surface area contributed by atoms with Crippen LogP contribution in [0.3, 0.4) is 0 Å². The van der Waals surface area contributed by atoms with E-state index in [1.54, 1.807) is 30.5 Å². The molecule has 10 nitrogen and oxygen atoms in total. The average molecular weight is 492 g/mol. The SMILES string of the molecule is CC(C)(C(=O)CCCc1ccco1)P(=O)(O)O.COP(C)(=O)OCC(=O)Cc1ccco1. The summed E-state index contributed by atoms with van der Waals surface area (Å²) in [6.07, 6.45) is 4.43. The first-order valence-corrected chi connectivity index (χ1v) is 13.3. The highest BCUT2D eigenvalue weighted by molar-refractivity contribution is 7.54. The first kappa shape index (κ1) is 28.2. The fraction of sp³-hybridized carbons (Fsp3) is 0.500. The molecule has 0 fully saturated rings. The molecule has 2 aromatic rings. The van der Waals surface area contributed by atoms with Gasteiger partial charge in [-0.05, 0) is 44.5 Å². The average Bonchev–Trinajstić information content (AvgIpc) is 3.40. The lowest BCUT2D eigenvalue weighted by molar-refractivity contribution is -0.121. The third-order valence-electron chi connectivity index (χ3n) is 4.56. The lowest BCUT2D eigenvalue weighted by Crippen LogP contribution is -2.31. The Labute approximate surface area is 187 Å². The molecule has 2 heterocycles. The number of hydrogen-bond donors (Lipinski definition) is 2. The standard InChI is InChI=1S/C11H17O5P.C9H13O5P/c1-11(2,17(13,14)15)10(12)7-3-5-9-6-4-8-16-9;1-12-15(2,11)14-7-8(10)6-9-4-3-5-13-9/h4,6,8H,3,5,7H2,1-2H3,(H2,13,14,15);3-5H,6-7H2,1-2H3. The van der Waals surface area contributed by atoms with Crippen molar-refractivity contribution in [1.82, 2.24) is 0 Å². The predicted octanol–water partition coefficient (Wildman–Crippen LogP) is 4.00. The molecule has 32 heavy (non-hydrogen) atoms. The van der Waals surface area contributed by atoms with Gasteiger partial charge in [-0.3, -0.25) is 18.7 Å². The number of ketones is 2. The van der Waals surface area contributed by atoms with E-state index in [1.165, 1.54) is 33.9 Å². The van der Waals surface area contributed by atoms with Crippen LogP contribution in [0, 0.1) is 0 Å². The molecule has 0 aliphatic heterocycles. The molecule has 0 radical (unpaired) electrons. The van der Waals surface area contributed by atoms with Crippen molar-refractivity contribution < 1.29 is 46.4 Å². The summed E-state index contributed by atoms with van der Waals surface area (Å²) < 4.78 is 41.9. The molecule has 0 aliphatic rings. The van der Waals surface area contributed by atoms with Crippen molar-refractivity contribution in [3.8, 4) is 0 Å². The van der Waals surface area contributed by atoms with Crippen LogP contribution in [0.2, 0.25) is 0 Å². The summed E-state index contributed by atoms with van der Waals surface area (Å²) in [5, 5.41) is -1.60. The zero-order valence-electron chi connectivity index (χ0n) is 18.6. The number of hydrogen-bond acceptors (Lipinski definition) is 8. The van der Waals surface area contributed by atoms with Gasteiger partial charge in [0, 0.05) is 26.6 Å². The first-order valence-electron chi connectivity index (χ1n) is 9.71. The van der Waals surface area contributed by atoms with Gasteiger partial charge in [-0.2, -0.15) is 0 Å². The van der Waals surface area contributed by atoms with E-state index in [0.29, 0.717) is 18.6 Å². The van der Waals surface area contributed by atoms with Crippen molar-refractivity contribution in [2.45, 2.75) is 44.7 Å². The molecule has 180 valence electrons. The molecule has 2 N–H and O–H groups in total. The molecule has 0 amide bonds. The molecule has 0 saturated carbocycles. The number of Topliss-reactive ketones (excluding diaryl/α,β-unsaturated/α-hetero) is 2. The highest BCUT2D eigenvalue weighted by Crippen LogP contribution is 2.51. The molecule has 12 heteroatoms. The number of carbonyl (C=O) groups excluding carboxylic acids is 2. The Balaban J connectivity index is 0.000000323. The molecular formula is C20H30O10P2. The quantitative estimate of drug-likeness (QED) is 0.416. The third-order valence-corrected chi connectivity index (χ3v) is 7.53. The molecular weight excluding hydrogens is 462 g/mol. The van der Waals surface area contributed by atoms with Crippen LogP contribution in [0.25, 0.3) is 0 Å². The molecule has 0 spiro atoms. The van der Waals surface area contributed by atoms with Crippen LogP contribution in [-0.4, -0.2) is 46.9 Å². The number of aryl methyl sites for hydroxylation is 1. The molecule has 2 rings (SSSR count). The molecule has 1 unspecified atom stereocenters. The summed E-state index contributed by atoms with van der Waals surface area (Å²) in [4.78, 5) is 41.2. The Morgan fingerprint density at radius 3 is 2.09 bits per heavy atom. The van der Waals surface area contributed by atoms with Crippen LogP contribution in [0.1, 0.15) is 38.2 Å². The van der Waals surface area contributed by atoms with Crippen LogP contribution in [0.15, 0.2) is 45.6 Å². The Morgan fingerprint density at radius 1 is 1.06 bits per heavy atom. The minimum Gasteiger partial charge on any atom is -0.469 e. The zero-order valence-corrected chi connectivity index (χ0v) is 20.3. The minimum absolute atomic E-state index is 0.136. The maximum absolute atomic E-state index is 11.7. The van der Waals surface area contributed by atoms with Crippen molar-refractivity contribution in [2.75, 3.05) is 20.4 Å². The van der Waals surface area contributed by atoms with Crippen LogP contribution in [-0.2, 0) is 40.6 Å². The van der Waals surface area contributed by atoms with Gasteiger partial charge < -0.3 is 27.7 Å². The maximum atomic E-state index is 11.7. The van der Waals surface area contributed by atoms with Crippen molar-refractivity contribution in [1.29, 1.82) is 0 Å². The van der Waals surface area contributed by atoms with Gasteiger partial charge in [-0.1, -0.05) is 0 Å². The highest BCUT2D eigenvalue weighted by atomic mass is 31.2. The molecule has 0 bridgehead atoms. The van der Waals surface area contributed by atoms with Gasteiger partial charge in [0.25, 0.3) is 0 Å². The topological polar surface area (TPSA) is 153 Å². The Hall–Kier alpha value is -1.80. The van der Waals surface area contributed by atoms with Gasteiger partial charge >= 0.3 is 15.2 Å². The monoisotopic (exact) mass is 492 g/mol. The van der Waals surface area contributed by atoms with Crippen molar-refractivity contribution in [3.63, 3.8) is 0 Å². The lowest BCUT2D eigenvalue weighted by Gasteiger charge is -2.23. The Morgan fingerprint density at radius 2 is 1.62 bits per heavy atom. The maximum Gasteiger partial charge on any atom is 0.338 e. The van der Waals surface area contributed by atoms with E-state index in [2.05, 4.69) is 4.52 Å². The second-order valence-electron chi connectivity index (χ2n) is 7.48. The third kappa shape index (κ3) is 9.77. The van der Waals surface area contributed by atoms with E-state index in [-0.39, 0.29) is 25.2 Å². The van der Waals surface area contributed by atoms with Gasteiger partial charge in [-0.25, -0.2) is 0 Å². The Kier molecular flexibility index (Phi) is 11.0. The Bertz CT molecular complexity index is 926. The fourth-order valence-electron chi connectivity index (χ4n) is 2.25. The van der Waals surface area contributed by atoms with Crippen LogP contribution in [0.5, 0.6) is 0 Å². The van der Waals surface area contributed by atoms with E-state index < -0.39 is 26.1 Å². The van der Waals surface area contributed by atoms with Crippen molar-refractivity contribution in [2.24, 2.45) is 0 Å². The summed E-state index contributed by atoms with van der Waals surface area (Å²) in [5.74, 6) is 0.709. The predicted molar refractivity (Wildman–Crippen MR) is 117 cm³/mol.